The normalized spacial score (nSPS) is 9.81. The van der Waals surface area contributed by atoms with Crippen LogP contribution in [0.5, 0.6) is 0 Å². The molecule has 1 aromatic rings. The maximum atomic E-state index is 3.49. The molecule has 2 heteroatoms. The molecule has 0 aliphatic rings. The summed E-state index contributed by atoms with van der Waals surface area (Å²) in [5, 5.41) is 3.49. The van der Waals surface area contributed by atoms with E-state index in [1.807, 2.05) is 0 Å². The smallest absolute Gasteiger partial charge is 0.000835 e. The average Bonchev–Trinajstić information content (AvgIpc) is 2.29. The molecule has 4 N–H and O–H groups in total. The Kier molecular flexibility index (Phi) is 10.1. The molecule has 92 valence electrons. The number of unbranched alkanes of at least 4 members (excludes halogenated alkanes) is 3. The fourth-order valence-electron chi connectivity index (χ4n) is 1.68. The molecule has 0 fully saturated rings. The van der Waals surface area contributed by atoms with Crippen LogP contribution in [-0.2, 0) is 6.42 Å². The van der Waals surface area contributed by atoms with Gasteiger partial charge < -0.3 is 11.5 Å². The zero-order valence-electron chi connectivity index (χ0n) is 10.5. The van der Waals surface area contributed by atoms with E-state index in [0.717, 1.165) is 13.0 Å². The molecule has 0 atom stereocenters. The van der Waals surface area contributed by atoms with Crippen molar-refractivity contribution in [3.63, 3.8) is 0 Å². The Morgan fingerprint density at radius 1 is 0.938 bits per heavy atom. The Balaban J connectivity index is 0.00000225. The van der Waals surface area contributed by atoms with Crippen LogP contribution >= 0.6 is 0 Å². The quantitative estimate of drug-likeness (QED) is 0.661. The van der Waals surface area contributed by atoms with Crippen LogP contribution in [0.4, 0.5) is 0 Å². The highest BCUT2D eigenvalue weighted by molar-refractivity contribution is 5.14. The van der Waals surface area contributed by atoms with Gasteiger partial charge in [-0.1, -0.05) is 56.5 Å². The summed E-state index contributed by atoms with van der Waals surface area (Å²) < 4.78 is 0. The Bertz CT molecular complexity index is 234. The molecule has 0 saturated carbocycles. The van der Waals surface area contributed by atoms with Crippen LogP contribution in [0.15, 0.2) is 30.3 Å². The Morgan fingerprint density at radius 3 is 2.38 bits per heavy atom. The van der Waals surface area contributed by atoms with E-state index in [9.17, 15) is 0 Å². The van der Waals surface area contributed by atoms with E-state index in [1.54, 1.807) is 0 Å². The van der Waals surface area contributed by atoms with Crippen LogP contribution in [0.25, 0.3) is 0 Å². The highest BCUT2D eigenvalue weighted by Gasteiger charge is 1.91. The second kappa shape index (κ2) is 10.7. The summed E-state index contributed by atoms with van der Waals surface area (Å²) in [4.78, 5) is 0. The van der Waals surface area contributed by atoms with Gasteiger partial charge in [0.1, 0.15) is 0 Å². The molecule has 0 amide bonds. The summed E-state index contributed by atoms with van der Waals surface area (Å²) >= 11 is 0. The molecule has 1 rings (SSSR count). The first-order chi connectivity index (χ1) is 7.43. The molecule has 0 bridgehead atoms. The lowest BCUT2D eigenvalue weighted by molar-refractivity contribution is 0.599. The van der Waals surface area contributed by atoms with Crippen LogP contribution in [0, 0.1) is 0 Å². The van der Waals surface area contributed by atoms with Crippen molar-refractivity contribution in [3.8, 4) is 0 Å². The highest BCUT2D eigenvalue weighted by Crippen LogP contribution is 1.99. The van der Waals surface area contributed by atoms with Crippen molar-refractivity contribution in [2.45, 2.75) is 39.0 Å². The molecular weight excluding hydrogens is 196 g/mol. The Hall–Kier alpha value is -0.860. The molecule has 2 nitrogen and oxygen atoms in total. The predicted molar refractivity (Wildman–Crippen MR) is 72.2 cm³/mol. The number of hydrogen-bond donors (Lipinski definition) is 2. The Morgan fingerprint density at radius 2 is 1.69 bits per heavy atom. The molecule has 0 unspecified atom stereocenters. The molecular formula is C14H26N2. The number of hydrogen-bond acceptors (Lipinski definition) is 2. The second-order valence-corrected chi connectivity index (χ2v) is 4.05. The largest absolute Gasteiger partial charge is 0.344 e. The van der Waals surface area contributed by atoms with E-state index in [1.165, 1.54) is 37.8 Å². The van der Waals surface area contributed by atoms with Crippen LogP contribution in [0.3, 0.4) is 0 Å². The standard InChI is InChI=1S/C14H23N.H3N/c1-2-3-4-8-12-15-13-11-14-9-6-5-7-10-14;/h5-7,9-10,15H,2-4,8,11-13H2,1H3;1H3. The van der Waals surface area contributed by atoms with Gasteiger partial charge in [0.15, 0.2) is 0 Å². The molecule has 0 aliphatic carbocycles. The second-order valence-electron chi connectivity index (χ2n) is 4.05. The lowest BCUT2D eigenvalue weighted by Crippen LogP contribution is -2.18. The van der Waals surface area contributed by atoms with E-state index in [2.05, 4.69) is 42.6 Å². The van der Waals surface area contributed by atoms with Crippen LogP contribution < -0.4 is 11.5 Å². The molecule has 0 radical (unpaired) electrons. The lowest BCUT2D eigenvalue weighted by atomic mass is 10.1. The summed E-state index contributed by atoms with van der Waals surface area (Å²) in [6.07, 6.45) is 6.54. The van der Waals surface area contributed by atoms with Gasteiger partial charge in [-0.05, 0) is 31.5 Å². The van der Waals surface area contributed by atoms with Gasteiger partial charge in [-0.3, -0.25) is 0 Å². The molecule has 1 aromatic carbocycles. The van der Waals surface area contributed by atoms with Gasteiger partial charge in [-0.2, -0.15) is 0 Å². The van der Waals surface area contributed by atoms with Gasteiger partial charge >= 0.3 is 0 Å². The SMILES string of the molecule is CCCCCCNCCc1ccccc1.N. The molecule has 16 heavy (non-hydrogen) atoms. The van der Waals surface area contributed by atoms with Crippen molar-refractivity contribution in [3.05, 3.63) is 35.9 Å². The van der Waals surface area contributed by atoms with Gasteiger partial charge in [-0.15, -0.1) is 0 Å². The summed E-state index contributed by atoms with van der Waals surface area (Å²) in [5.74, 6) is 0. The van der Waals surface area contributed by atoms with Gasteiger partial charge in [0.25, 0.3) is 0 Å². The third-order valence-corrected chi connectivity index (χ3v) is 2.64. The maximum Gasteiger partial charge on any atom is -0.000835 e. The topological polar surface area (TPSA) is 47.0 Å². The molecule has 0 aliphatic heterocycles. The van der Waals surface area contributed by atoms with Gasteiger partial charge in [0, 0.05) is 0 Å². The van der Waals surface area contributed by atoms with Crippen molar-refractivity contribution in [2.75, 3.05) is 13.1 Å². The minimum absolute atomic E-state index is 0. The van der Waals surface area contributed by atoms with E-state index in [0.29, 0.717) is 0 Å². The van der Waals surface area contributed by atoms with Crippen molar-refractivity contribution in [1.82, 2.24) is 11.5 Å². The lowest BCUT2D eigenvalue weighted by Gasteiger charge is -2.04. The first-order valence-corrected chi connectivity index (χ1v) is 6.18. The highest BCUT2D eigenvalue weighted by atomic mass is 14.8. The first-order valence-electron chi connectivity index (χ1n) is 6.18. The zero-order valence-corrected chi connectivity index (χ0v) is 10.5. The zero-order chi connectivity index (χ0) is 10.8. The summed E-state index contributed by atoms with van der Waals surface area (Å²) in [6, 6.07) is 10.7. The maximum absolute atomic E-state index is 3.49. The van der Waals surface area contributed by atoms with Gasteiger partial charge in [0.05, 0.1) is 0 Å². The minimum Gasteiger partial charge on any atom is -0.344 e. The Labute approximate surface area is 100 Å². The molecule has 0 saturated heterocycles. The molecule has 0 aromatic heterocycles. The number of nitrogens with one attached hydrogen (secondary N) is 1. The van der Waals surface area contributed by atoms with Crippen molar-refractivity contribution in [2.24, 2.45) is 0 Å². The molecule has 0 heterocycles. The monoisotopic (exact) mass is 222 g/mol. The first kappa shape index (κ1) is 15.1. The van der Waals surface area contributed by atoms with Gasteiger partial charge in [-0.25, -0.2) is 0 Å². The van der Waals surface area contributed by atoms with Crippen molar-refractivity contribution < 1.29 is 0 Å². The van der Waals surface area contributed by atoms with Gasteiger partial charge in [0.2, 0.25) is 0 Å². The summed E-state index contributed by atoms with van der Waals surface area (Å²) in [5.41, 5.74) is 1.43. The van der Waals surface area contributed by atoms with E-state index in [4.69, 9.17) is 0 Å². The summed E-state index contributed by atoms with van der Waals surface area (Å²) in [6.45, 7) is 4.53. The number of benzene rings is 1. The van der Waals surface area contributed by atoms with Crippen molar-refractivity contribution >= 4 is 0 Å². The van der Waals surface area contributed by atoms with E-state index < -0.39 is 0 Å². The predicted octanol–water partition coefficient (Wildman–Crippen LogP) is 3.56. The van der Waals surface area contributed by atoms with Crippen LogP contribution in [-0.4, -0.2) is 13.1 Å². The average molecular weight is 222 g/mol. The van der Waals surface area contributed by atoms with E-state index >= 15 is 0 Å². The minimum atomic E-state index is 0. The molecule has 0 spiro atoms. The third-order valence-electron chi connectivity index (χ3n) is 2.64. The fraction of sp³-hybridized carbons (Fsp3) is 0.571. The van der Waals surface area contributed by atoms with Crippen LogP contribution in [0.1, 0.15) is 38.2 Å². The number of rotatable bonds is 8. The van der Waals surface area contributed by atoms with Crippen molar-refractivity contribution in [1.29, 1.82) is 0 Å². The van der Waals surface area contributed by atoms with Crippen LogP contribution in [0.2, 0.25) is 0 Å². The third kappa shape index (κ3) is 7.43. The van der Waals surface area contributed by atoms with E-state index in [-0.39, 0.29) is 6.15 Å². The fourth-order valence-corrected chi connectivity index (χ4v) is 1.68. The summed E-state index contributed by atoms with van der Waals surface area (Å²) in [7, 11) is 0.